The van der Waals surface area contributed by atoms with Gasteiger partial charge in [0.2, 0.25) is 0 Å². The van der Waals surface area contributed by atoms with Crippen molar-refractivity contribution in [3.63, 3.8) is 0 Å². The van der Waals surface area contributed by atoms with E-state index in [2.05, 4.69) is 5.32 Å². The zero-order valence-electron chi connectivity index (χ0n) is 9.57. The summed E-state index contributed by atoms with van der Waals surface area (Å²) in [6.45, 7) is 2.34. The third-order valence-corrected chi connectivity index (χ3v) is 3.21. The van der Waals surface area contributed by atoms with Crippen LogP contribution < -0.4 is 10.1 Å². The van der Waals surface area contributed by atoms with Crippen molar-refractivity contribution in [2.24, 2.45) is 0 Å². The number of cyclic esters (lactones) is 1. The zero-order valence-corrected chi connectivity index (χ0v) is 9.57. The normalized spacial score (nSPS) is 23.1. The molecule has 1 fully saturated rings. The molecule has 4 nitrogen and oxygen atoms in total. The molecule has 1 atom stereocenters. The van der Waals surface area contributed by atoms with Crippen LogP contribution in [0.25, 0.3) is 0 Å². The zero-order chi connectivity index (χ0) is 11.7. The van der Waals surface area contributed by atoms with Crippen molar-refractivity contribution < 1.29 is 14.3 Å². The summed E-state index contributed by atoms with van der Waals surface area (Å²) in [7, 11) is 0. The average Bonchev–Trinajstić information content (AvgIpc) is 2.72. The summed E-state index contributed by atoms with van der Waals surface area (Å²) in [6.07, 6.45) is 2.47. The Bertz CT molecular complexity index is 438. The van der Waals surface area contributed by atoms with Crippen LogP contribution in [0.2, 0.25) is 0 Å². The van der Waals surface area contributed by atoms with E-state index < -0.39 is 0 Å². The van der Waals surface area contributed by atoms with E-state index in [0.29, 0.717) is 12.2 Å². The highest BCUT2D eigenvalue weighted by atomic mass is 16.5. The molecule has 3 rings (SSSR count). The van der Waals surface area contributed by atoms with E-state index in [-0.39, 0.29) is 12.1 Å². The van der Waals surface area contributed by atoms with Crippen LogP contribution in [-0.2, 0) is 11.3 Å². The van der Waals surface area contributed by atoms with Crippen LogP contribution in [0.1, 0.15) is 28.8 Å². The molecule has 2 aliphatic rings. The van der Waals surface area contributed by atoms with E-state index in [1.165, 1.54) is 0 Å². The van der Waals surface area contributed by atoms with Crippen molar-refractivity contribution in [2.75, 3.05) is 13.1 Å². The van der Waals surface area contributed by atoms with Crippen LogP contribution >= 0.6 is 0 Å². The van der Waals surface area contributed by atoms with Gasteiger partial charge >= 0.3 is 5.97 Å². The lowest BCUT2D eigenvalue weighted by Crippen LogP contribution is -2.37. The van der Waals surface area contributed by atoms with E-state index in [1.54, 1.807) is 6.07 Å². The first-order chi connectivity index (χ1) is 8.33. The highest BCUT2D eigenvalue weighted by molar-refractivity contribution is 5.93. The topological polar surface area (TPSA) is 47.6 Å². The van der Waals surface area contributed by atoms with E-state index in [9.17, 15) is 4.79 Å². The Morgan fingerprint density at radius 3 is 3.18 bits per heavy atom. The van der Waals surface area contributed by atoms with Crippen molar-refractivity contribution in [1.82, 2.24) is 5.32 Å². The first-order valence-corrected chi connectivity index (χ1v) is 6.00. The van der Waals surface area contributed by atoms with Crippen LogP contribution in [0, 0.1) is 0 Å². The molecule has 1 aromatic carbocycles. The fourth-order valence-electron chi connectivity index (χ4n) is 2.30. The maximum atomic E-state index is 11.3. The Morgan fingerprint density at radius 1 is 1.41 bits per heavy atom. The van der Waals surface area contributed by atoms with Crippen molar-refractivity contribution in [1.29, 1.82) is 0 Å². The van der Waals surface area contributed by atoms with Gasteiger partial charge in [0.05, 0.1) is 5.56 Å². The molecule has 90 valence electrons. The minimum atomic E-state index is -0.231. The summed E-state index contributed by atoms with van der Waals surface area (Å²) in [5, 5.41) is 3.31. The number of nitrogens with one attached hydrogen (secondary N) is 1. The second-order valence-electron chi connectivity index (χ2n) is 4.48. The number of benzene rings is 1. The fourth-order valence-corrected chi connectivity index (χ4v) is 2.30. The van der Waals surface area contributed by atoms with Gasteiger partial charge in [-0.15, -0.1) is 0 Å². The van der Waals surface area contributed by atoms with E-state index in [1.807, 2.05) is 12.1 Å². The molecule has 1 saturated heterocycles. The number of carbonyl (C=O) groups excluding carboxylic acids is 1. The molecule has 2 aliphatic heterocycles. The van der Waals surface area contributed by atoms with Gasteiger partial charge in [-0.2, -0.15) is 0 Å². The average molecular weight is 233 g/mol. The maximum absolute atomic E-state index is 11.3. The monoisotopic (exact) mass is 233 g/mol. The Hall–Kier alpha value is -1.55. The Morgan fingerprint density at radius 2 is 2.35 bits per heavy atom. The third kappa shape index (κ3) is 2.13. The van der Waals surface area contributed by atoms with E-state index in [4.69, 9.17) is 9.47 Å². The third-order valence-electron chi connectivity index (χ3n) is 3.21. The second-order valence-corrected chi connectivity index (χ2v) is 4.48. The van der Waals surface area contributed by atoms with Gasteiger partial charge in [-0.05, 0) is 37.6 Å². The summed E-state index contributed by atoms with van der Waals surface area (Å²) in [5.41, 5.74) is 1.59. The highest BCUT2D eigenvalue weighted by Crippen LogP contribution is 2.25. The number of ether oxygens (including phenoxy) is 2. The van der Waals surface area contributed by atoms with Gasteiger partial charge in [-0.3, -0.25) is 0 Å². The summed E-state index contributed by atoms with van der Waals surface area (Å²) >= 11 is 0. The lowest BCUT2D eigenvalue weighted by molar-refractivity contribution is 0.0535. The molecule has 1 aromatic rings. The Balaban J connectivity index is 1.73. The smallest absolute Gasteiger partial charge is 0.338 e. The van der Waals surface area contributed by atoms with Gasteiger partial charge in [0, 0.05) is 12.1 Å². The number of hydrogen-bond donors (Lipinski definition) is 1. The van der Waals surface area contributed by atoms with Crippen molar-refractivity contribution >= 4 is 5.97 Å². The second kappa shape index (κ2) is 4.37. The fraction of sp³-hybridized carbons (Fsp3) is 0.462. The van der Waals surface area contributed by atoms with Gasteiger partial charge in [0.1, 0.15) is 18.5 Å². The van der Waals surface area contributed by atoms with Crippen LogP contribution in [0.15, 0.2) is 18.2 Å². The number of hydrogen-bond acceptors (Lipinski definition) is 4. The molecule has 0 amide bonds. The first-order valence-electron chi connectivity index (χ1n) is 6.00. The number of rotatable bonds is 2. The van der Waals surface area contributed by atoms with Gasteiger partial charge in [-0.25, -0.2) is 4.79 Å². The molecule has 17 heavy (non-hydrogen) atoms. The van der Waals surface area contributed by atoms with Crippen molar-refractivity contribution in [3.05, 3.63) is 29.3 Å². The molecule has 4 heteroatoms. The number of fused-ring (bicyclic) bond motifs is 1. The van der Waals surface area contributed by atoms with Crippen molar-refractivity contribution in [2.45, 2.75) is 25.6 Å². The quantitative estimate of drug-likeness (QED) is 0.786. The van der Waals surface area contributed by atoms with Gasteiger partial charge in [-0.1, -0.05) is 0 Å². The molecule has 0 bridgehead atoms. The van der Waals surface area contributed by atoms with Gasteiger partial charge < -0.3 is 14.8 Å². The predicted molar refractivity (Wildman–Crippen MR) is 62.1 cm³/mol. The molecule has 1 unspecified atom stereocenters. The van der Waals surface area contributed by atoms with Crippen LogP contribution in [0.5, 0.6) is 5.75 Å². The number of piperidine rings is 1. The SMILES string of the molecule is O=C1OCc2cc(OC3CCCNC3)ccc21. The molecule has 0 radical (unpaired) electrons. The summed E-state index contributed by atoms with van der Waals surface area (Å²) < 4.78 is 10.8. The summed E-state index contributed by atoms with van der Waals surface area (Å²) in [5.74, 6) is 0.599. The molecule has 0 aromatic heterocycles. The molecule has 0 aliphatic carbocycles. The molecular weight excluding hydrogens is 218 g/mol. The van der Waals surface area contributed by atoms with Crippen LogP contribution in [0.3, 0.4) is 0 Å². The minimum absolute atomic E-state index is 0.231. The minimum Gasteiger partial charge on any atom is -0.489 e. The lowest BCUT2D eigenvalue weighted by Gasteiger charge is -2.24. The van der Waals surface area contributed by atoms with Crippen LogP contribution in [-0.4, -0.2) is 25.2 Å². The standard InChI is InChI=1S/C13H15NO3/c15-13-12-4-3-10(6-9(12)8-16-13)17-11-2-1-5-14-7-11/h3-4,6,11,14H,1-2,5,7-8H2. The number of carbonyl (C=O) groups is 1. The largest absolute Gasteiger partial charge is 0.489 e. The van der Waals surface area contributed by atoms with Crippen LogP contribution in [0.4, 0.5) is 0 Å². The maximum Gasteiger partial charge on any atom is 0.338 e. The lowest BCUT2D eigenvalue weighted by atomic mass is 10.1. The first kappa shape index (κ1) is 10.6. The highest BCUT2D eigenvalue weighted by Gasteiger charge is 2.22. The number of esters is 1. The van der Waals surface area contributed by atoms with Gasteiger partial charge in [0.25, 0.3) is 0 Å². The Kier molecular flexibility index (Phi) is 2.73. The molecule has 1 N–H and O–H groups in total. The van der Waals surface area contributed by atoms with E-state index >= 15 is 0 Å². The predicted octanol–water partition coefficient (Wildman–Crippen LogP) is 1.49. The molecule has 0 spiro atoms. The van der Waals surface area contributed by atoms with E-state index in [0.717, 1.165) is 37.2 Å². The van der Waals surface area contributed by atoms with Crippen molar-refractivity contribution in [3.8, 4) is 5.75 Å². The molecular formula is C13H15NO3. The molecule has 0 saturated carbocycles. The summed E-state index contributed by atoms with van der Waals surface area (Å²) in [6, 6.07) is 5.55. The Labute approximate surface area is 99.9 Å². The molecule has 2 heterocycles. The summed E-state index contributed by atoms with van der Waals surface area (Å²) in [4.78, 5) is 11.3. The van der Waals surface area contributed by atoms with Gasteiger partial charge in [0.15, 0.2) is 0 Å².